The molecule has 0 aliphatic heterocycles. The number of likely N-dealkylation sites (N-methyl/N-ethyl adjacent to an activating group) is 1. The SMILES string of the molecule is CCOC(=O)CN(C)c1ccc2nnnn2n1. The molecular formula is C9H12N6O2. The number of esters is 1. The third-order valence-electron chi connectivity index (χ3n) is 2.12. The van der Waals surface area contributed by atoms with Crippen molar-refractivity contribution >= 4 is 17.4 Å². The Labute approximate surface area is 97.2 Å². The molecule has 0 aromatic carbocycles. The monoisotopic (exact) mass is 236 g/mol. The molecule has 0 bridgehead atoms. The van der Waals surface area contributed by atoms with E-state index in [4.69, 9.17) is 4.74 Å². The lowest BCUT2D eigenvalue weighted by molar-refractivity contribution is -0.141. The lowest BCUT2D eigenvalue weighted by atomic mass is 10.4. The van der Waals surface area contributed by atoms with Crippen molar-refractivity contribution in [1.29, 1.82) is 0 Å². The van der Waals surface area contributed by atoms with Gasteiger partial charge in [0.2, 0.25) is 0 Å². The van der Waals surface area contributed by atoms with Crippen molar-refractivity contribution in [2.45, 2.75) is 6.92 Å². The second kappa shape index (κ2) is 4.73. The summed E-state index contributed by atoms with van der Waals surface area (Å²) in [5, 5.41) is 15.0. The largest absolute Gasteiger partial charge is 0.465 e. The van der Waals surface area contributed by atoms with E-state index in [9.17, 15) is 4.79 Å². The zero-order valence-electron chi connectivity index (χ0n) is 9.57. The summed E-state index contributed by atoms with van der Waals surface area (Å²) in [6, 6.07) is 3.47. The Morgan fingerprint density at radius 2 is 2.35 bits per heavy atom. The molecule has 0 atom stereocenters. The van der Waals surface area contributed by atoms with Gasteiger partial charge in [-0.15, -0.1) is 14.8 Å². The average Bonchev–Trinajstić information content (AvgIpc) is 2.75. The average molecular weight is 236 g/mol. The molecule has 0 spiro atoms. The highest BCUT2D eigenvalue weighted by atomic mass is 16.5. The van der Waals surface area contributed by atoms with Gasteiger partial charge in [0.05, 0.1) is 6.61 Å². The molecule has 8 heteroatoms. The van der Waals surface area contributed by atoms with Gasteiger partial charge in [-0.05, 0) is 29.5 Å². The summed E-state index contributed by atoms with van der Waals surface area (Å²) in [5.41, 5.74) is 0.554. The molecule has 2 heterocycles. The molecule has 0 unspecified atom stereocenters. The summed E-state index contributed by atoms with van der Waals surface area (Å²) in [7, 11) is 1.75. The first-order valence-corrected chi connectivity index (χ1v) is 5.13. The smallest absolute Gasteiger partial charge is 0.325 e. The van der Waals surface area contributed by atoms with Crippen molar-refractivity contribution in [1.82, 2.24) is 25.3 Å². The van der Waals surface area contributed by atoms with Crippen LogP contribution in [0.5, 0.6) is 0 Å². The molecule has 8 nitrogen and oxygen atoms in total. The van der Waals surface area contributed by atoms with Crippen LogP contribution in [0.3, 0.4) is 0 Å². The second-order valence-corrected chi connectivity index (χ2v) is 3.38. The van der Waals surface area contributed by atoms with Crippen LogP contribution in [0, 0.1) is 0 Å². The predicted octanol–water partition coefficient (Wildman–Crippen LogP) is -0.481. The Morgan fingerprint density at radius 1 is 1.53 bits per heavy atom. The van der Waals surface area contributed by atoms with Gasteiger partial charge < -0.3 is 9.64 Å². The molecule has 2 rings (SSSR count). The summed E-state index contributed by atoms with van der Waals surface area (Å²) in [5.74, 6) is 0.298. The topological polar surface area (TPSA) is 85.5 Å². The zero-order chi connectivity index (χ0) is 12.3. The van der Waals surface area contributed by atoms with Crippen LogP contribution in [-0.4, -0.2) is 51.4 Å². The third kappa shape index (κ3) is 2.47. The first kappa shape index (κ1) is 11.2. The molecule has 17 heavy (non-hydrogen) atoms. The molecular weight excluding hydrogens is 224 g/mol. The van der Waals surface area contributed by atoms with Crippen molar-refractivity contribution in [3.8, 4) is 0 Å². The Hall–Kier alpha value is -2.25. The number of nitrogens with zero attached hydrogens (tertiary/aromatic N) is 6. The lowest BCUT2D eigenvalue weighted by Crippen LogP contribution is -2.28. The minimum atomic E-state index is -0.298. The fourth-order valence-corrected chi connectivity index (χ4v) is 1.33. The van der Waals surface area contributed by atoms with Crippen LogP contribution in [-0.2, 0) is 9.53 Å². The van der Waals surface area contributed by atoms with Crippen LogP contribution in [0.1, 0.15) is 6.92 Å². The number of hydrogen-bond acceptors (Lipinski definition) is 7. The van der Waals surface area contributed by atoms with E-state index in [0.717, 1.165) is 0 Å². The molecule has 0 N–H and O–H groups in total. The summed E-state index contributed by atoms with van der Waals surface area (Å²) < 4.78 is 6.15. The molecule has 0 radical (unpaired) electrons. The highest BCUT2D eigenvalue weighted by Gasteiger charge is 2.10. The van der Waals surface area contributed by atoms with Gasteiger partial charge in [0.15, 0.2) is 11.5 Å². The second-order valence-electron chi connectivity index (χ2n) is 3.38. The fourth-order valence-electron chi connectivity index (χ4n) is 1.33. The molecule has 2 aromatic heterocycles. The molecule has 90 valence electrons. The number of anilines is 1. The minimum absolute atomic E-state index is 0.133. The molecule has 0 amide bonds. The quantitative estimate of drug-likeness (QED) is 0.662. The van der Waals surface area contributed by atoms with Crippen LogP contribution >= 0.6 is 0 Å². The van der Waals surface area contributed by atoms with Crippen LogP contribution in [0.4, 0.5) is 5.82 Å². The number of rotatable bonds is 4. The van der Waals surface area contributed by atoms with Gasteiger partial charge in [0.1, 0.15) is 6.54 Å². The molecule has 0 aliphatic carbocycles. The molecule has 2 aromatic rings. The van der Waals surface area contributed by atoms with Crippen molar-refractivity contribution in [2.75, 3.05) is 25.1 Å². The van der Waals surface area contributed by atoms with E-state index in [1.54, 1.807) is 31.0 Å². The predicted molar refractivity (Wildman–Crippen MR) is 58.5 cm³/mol. The van der Waals surface area contributed by atoms with E-state index in [2.05, 4.69) is 20.6 Å². The zero-order valence-corrected chi connectivity index (χ0v) is 9.57. The Kier molecular flexibility index (Phi) is 3.12. The van der Waals surface area contributed by atoms with Crippen molar-refractivity contribution in [3.63, 3.8) is 0 Å². The molecule has 0 fully saturated rings. The Morgan fingerprint density at radius 3 is 3.12 bits per heavy atom. The van der Waals surface area contributed by atoms with E-state index in [0.29, 0.717) is 18.1 Å². The number of carbonyl (C=O) groups is 1. The van der Waals surface area contributed by atoms with Gasteiger partial charge in [-0.2, -0.15) is 0 Å². The summed E-state index contributed by atoms with van der Waals surface area (Å²) in [4.78, 5) is 13.0. The molecule has 0 saturated carbocycles. The lowest BCUT2D eigenvalue weighted by Gasteiger charge is -2.16. The van der Waals surface area contributed by atoms with Gasteiger partial charge in [0, 0.05) is 7.05 Å². The number of aromatic nitrogens is 5. The maximum atomic E-state index is 11.3. The number of carbonyl (C=O) groups excluding carboxylic acids is 1. The van der Waals surface area contributed by atoms with Gasteiger partial charge >= 0.3 is 5.97 Å². The normalized spacial score (nSPS) is 10.5. The highest BCUT2D eigenvalue weighted by molar-refractivity contribution is 5.75. The summed E-state index contributed by atoms with van der Waals surface area (Å²) in [6.07, 6.45) is 0. The van der Waals surface area contributed by atoms with Crippen LogP contribution < -0.4 is 4.90 Å². The number of fused-ring (bicyclic) bond motifs is 1. The van der Waals surface area contributed by atoms with Crippen LogP contribution in [0.2, 0.25) is 0 Å². The number of hydrogen-bond donors (Lipinski definition) is 0. The molecule has 0 aliphatic rings. The summed E-state index contributed by atoms with van der Waals surface area (Å²) >= 11 is 0. The number of ether oxygens (including phenoxy) is 1. The van der Waals surface area contributed by atoms with Crippen molar-refractivity contribution in [2.24, 2.45) is 0 Å². The van der Waals surface area contributed by atoms with Crippen molar-refractivity contribution in [3.05, 3.63) is 12.1 Å². The maximum Gasteiger partial charge on any atom is 0.325 e. The van der Waals surface area contributed by atoms with Gasteiger partial charge in [-0.25, -0.2) is 0 Å². The first-order valence-electron chi connectivity index (χ1n) is 5.13. The molecule has 0 saturated heterocycles. The van der Waals surface area contributed by atoms with E-state index >= 15 is 0 Å². The van der Waals surface area contributed by atoms with Crippen molar-refractivity contribution < 1.29 is 9.53 Å². The third-order valence-corrected chi connectivity index (χ3v) is 2.12. The van der Waals surface area contributed by atoms with E-state index < -0.39 is 0 Å². The maximum absolute atomic E-state index is 11.3. The van der Waals surface area contributed by atoms with Gasteiger partial charge in [-0.3, -0.25) is 4.79 Å². The van der Waals surface area contributed by atoms with E-state index in [1.165, 1.54) is 4.63 Å². The van der Waals surface area contributed by atoms with Gasteiger partial charge in [-0.1, -0.05) is 0 Å². The Bertz CT molecular complexity index is 525. The van der Waals surface area contributed by atoms with E-state index in [1.807, 2.05) is 0 Å². The van der Waals surface area contributed by atoms with Gasteiger partial charge in [0.25, 0.3) is 0 Å². The minimum Gasteiger partial charge on any atom is -0.465 e. The van der Waals surface area contributed by atoms with E-state index in [-0.39, 0.29) is 12.5 Å². The van der Waals surface area contributed by atoms with Crippen LogP contribution in [0.25, 0.3) is 5.65 Å². The standard InChI is InChI=1S/C9H12N6O2/c1-3-17-9(16)6-14(2)8-5-4-7-10-12-13-15(7)11-8/h4-5H,3,6H2,1-2H3. The van der Waals surface area contributed by atoms with Crippen LogP contribution in [0.15, 0.2) is 12.1 Å². The summed E-state index contributed by atoms with van der Waals surface area (Å²) in [6.45, 7) is 2.27. The first-order chi connectivity index (χ1) is 8.20. The number of tetrazole rings is 1. The fraction of sp³-hybridized carbons (Fsp3) is 0.444. The Balaban J connectivity index is 2.12. The highest BCUT2D eigenvalue weighted by Crippen LogP contribution is 2.08.